The second-order valence-electron chi connectivity index (χ2n) is 7.00. The quantitative estimate of drug-likeness (QED) is 0.749. The molecule has 0 aromatic carbocycles. The Kier molecular flexibility index (Phi) is 5.08. The molecule has 2 unspecified atom stereocenters. The lowest BCUT2D eigenvalue weighted by Gasteiger charge is -2.43. The number of rotatable bonds is 7. The fourth-order valence-corrected chi connectivity index (χ4v) is 3.95. The lowest BCUT2D eigenvalue weighted by atomic mass is 9.69. The molecule has 2 nitrogen and oxygen atoms in total. The average Bonchev–Trinajstić information content (AvgIpc) is 3.12. The van der Waals surface area contributed by atoms with Gasteiger partial charge in [-0.15, -0.1) is 0 Å². The van der Waals surface area contributed by atoms with E-state index in [0.717, 1.165) is 11.8 Å². The smallest absolute Gasteiger partial charge is 0.00502 e. The van der Waals surface area contributed by atoms with Gasteiger partial charge in [0.05, 0.1) is 0 Å². The third-order valence-corrected chi connectivity index (χ3v) is 4.96. The molecule has 0 spiro atoms. The Labute approximate surface area is 114 Å². The molecule has 0 amide bonds. The van der Waals surface area contributed by atoms with Crippen LogP contribution < -0.4 is 5.32 Å². The highest BCUT2D eigenvalue weighted by molar-refractivity contribution is 4.90. The van der Waals surface area contributed by atoms with Crippen LogP contribution >= 0.6 is 0 Å². The van der Waals surface area contributed by atoms with Gasteiger partial charge in [-0.05, 0) is 56.5 Å². The standard InChI is InChI=1S/C16H32N2/c1-4-18(11-15-7-8-15)13-16(12-17-3)9-5-6-14(2)10-16/h14-15,17H,4-13H2,1-3H3. The average molecular weight is 252 g/mol. The van der Waals surface area contributed by atoms with Crippen LogP contribution in [0.4, 0.5) is 0 Å². The van der Waals surface area contributed by atoms with Crippen LogP contribution in [-0.4, -0.2) is 38.1 Å². The summed E-state index contributed by atoms with van der Waals surface area (Å²) in [6, 6.07) is 0. The second kappa shape index (κ2) is 6.38. The first-order chi connectivity index (χ1) is 8.67. The van der Waals surface area contributed by atoms with Crippen LogP contribution in [0.2, 0.25) is 0 Å². The zero-order valence-electron chi connectivity index (χ0n) is 12.7. The minimum Gasteiger partial charge on any atom is -0.319 e. The molecule has 2 aliphatic carbocycles. The zero-order valence-corrected chi connectivity index (χ0v) is 12.7. The Morgan fingerprint density at radius 1 is 1.28 bits per heavy atom. The van der Waals surface area contributed by atoms with Gasteiger partial charge in [0.25, 0.3) is 0 Å². The van der Waals surface area contributed by atoms with E-state index in [1.807, 2.05) is 0 Å². The van der Waals surface area contributed by atoms with E-state index in [1.165, 1.54) is 64.7 Å². The molecule has 2 fully saturated rings. The number of nitrogens with zero attached hydrogens (tertiary/aromatic N) is 1. The normalized spacial score (nSPS) is 33.0. The highest BCUT2D eigenvalue weighted by atomic mass is 15.1. The Hall–Kier alpha value is -0.0800. The summed E-state index contributed by atoms with van der Waals surface area (Å²) in [5.41, 5.74) is 0.553. The Morgan fingerprint density at radius 3 is 2.61 bits per heavy atom. The summed E-state index contributed by atoms with van der Waals surface area (Å²) in [7, 11) is 2.12. The van der Waals surface area contributed by atoms with E-state index < -0.39 is 0 Å². The summed E-state index contributed by atoms with van der Waals surface area (Å²) in [5, 5.41) is 3.47. The van der Waals surface area contributed by atoms with Gasteiger partial charge >= 0.3 is 0 Å². The summed E-state index contributed by atoms with van der Waals surface area (Å²) in [4.78, 5) is 2.73. The predicted octanol–water partition coefficient (Wildman–Crippen LogP) is 3.13. The molecular formula is C16H32N2. The van der Waals surface area contributed by atoms with Crippen LogP contribution in [0.3, 0.4) is 0 Å². The molecule has 0 aromatic rings. The van der Waals surface area contributed by atoms with E-state index >= 15 is 0 Å². The van der Waals surface area contributed by atoms with Gasteiger partial charge in [0.15, 0.2) is 0 Å². The van der Waals surface area contributed by atoms with Crippen LogP contribution in [-0.2, 0) is 0 Å². The van der Waals surface area contributed by atoms with Gasteiger partial charge in [0.2, 0.25) is 0 Å². The van der Waals surface area contributed by atoms with E-state index in [9.17, 15) is 0 Å². The van der Waals surface area contributed by atoms with Crippen LogP contribution in [0.15, 0.2) is 0 Å². The number of nitrogens with one attached hydrogen (secondary N) is 1. The molecule has 0 heterocycles. The van der Waals surface area contributed by atoms with Crippen molar-refractivity contribution in [1.82, 2.24) is 10.2 Å². The fraction of sp³-hybridized carbons (Fsp3) is 1.00. The first-order valence-electron chi connectivity index (χ1n) is 8.04. The van der Waals surface area contributed by atoms with Gasteiger partial charge in [0.1, 0.15) is 0 Å². The molecule has 18 heavy (non-hydrogen) atoms. The third-order valence-electron chi connectivity index (χ3n) is 4.96. The van der Waals surface area contributed by atoms with Gasteiger partial charge in [-0.2, -0.15) is 0 Å². The highest BCUT2D eigenvalue weighted by Gasteiger charge is 2.36. The lowest BCUT2D eigenvalue weighted by Crippen LogP contribution is -2.46. The van der Waals surface area contributed by atoms with E-state index in [4.69, 9.17) is 0 Å². The van der Waals surface area contributed by atoms with Gasteiger partial charge in [-0.25, -0.2) is 0 Å². The second-order valence-corrected chi connectivity index (χ2v) is 7.00. The summed E-state index contributed by atoms with van der Waals surface area (Å²) in [5.74, 6) is 1.95. The van der Waals surface area contributed by atoms with Crippen molar-refractivity contribution in [3.63, 3.8) is 0 Å². The topological polar surface area (TPSA) is 15.3 Å². The molecule has 106 valence electrons. The summed E-state index contributed by atoms with van der Waals surface area (Å²) in [6.45, 7) is 9.90. The van der Waals surface area contributed by atoms with Gasteiger partial charge in [0, 0.05) is 19.6 Å². The molecular weight excluding hydrogens is 220 g/mol. The molecule has 0 bridgehead atoms. The highest BCUT2D eigenvalue weighted by Crippen LogP contribution is 2.40. The minimum absolute atomic E-state index is 0.553. The van der Waals surface area contributed by atoms with E-state index in [1.54, 1.807) is 0 Å². The van der Waals surface area contributed by atoms with E-state index in [0.29, 0.717) is 5.41 Å². The summed E-state index contributed by atoms with van der Waals surface area (Å²) < 4.78 is 0. The lowest BCUT2D eigenvalue weighted by molar-refractivity contribution is 0.0819. The van der Waals surface area contributed by atoms with Crippen LogP contribution in [0.5, 0.6) is 0 Å². The summed E-state index contributed by atoms with van der Waals surface area (Å²) in [6.07, 6.45) is 8.69. The van der Waals surface area contributed by atoms with Gasteiger partial charge < -0.3 is 10.2 Å². The maximum atomic E-state index is 3.47. The van der Waals surface area contributed by atoms with Crippen LogP contribution in [0.1, 0.15) is 52.4 Å². The van der Waals surface area contributed by atoms with Crippen molar-refractivity contribution in [2.24, 2.45) is 17.3 Å². The van der Waals surface area contributed by atoms with Crippen molar-refractivity contribution in [2.45, 2.75) is 52.4 Å². The van der Waals surface area contributed by atoms with E-state index in [2.05, 4.69) is 31.1 Å². The SMILES string of the molecule is CCN(CC1CC1)CC1(CNC)CCCC(C)C1. The molecule has 2 aliphatic rings. The maximum absolute atomic E-state index is 3.47. The molecule has 1 N–H and O–H groups in total. The van der Waals surface area contributed by atoms with Gasteiger partial charge in [-0.3, -0.25) is 0 Å². The predicted molar refractivity (Wildman–Crippen MR) is 78.8 cm³/mol. The largest absolute Gasteiger partial charge is 0.319 e. The molecule has 2 saturated carbocycles. The molecule has 2 atom stereocenters. The first-order valence-corrected chi connectivity index (χ1v) is 8.04. The Bertz CT molecular complexity index is 245. The molecule has 2 heteroatoms. The Morgan fingerprint density at radius 2 is 2.06 bits per heavy atom. The van der Waals surface area contributed by atoms with Crippen molar-refractivity contribution in [1.29, 1.82) is 0 Å². The molecule has 0 saturated heterocycles. The Balaban J connectivity index is 1.93. The number of hydrogen-bond acceptors (Lipinski definition) is 2. The monoisotopic (exact) mass is 252 g/mol. The molecule has 0 radical (unpaired) electrons. The van der Waals surface area contributed by atoms with Crippen molar-refractivity contribution in [3.8, 4) is 0 Å². The molecule has 0 aliphatic heterocycles. The van der Waals surface area contributed by atoms with Crippen LogP contribution in [0.25, 0.3) is 0 Å². The molecule has 2 rings (SSSR count). The minimum atomic E-state index is 0.553. The van der Waals surface area contributed by atoms with E-state index in [-0.39, 0.29) is 0 Å². The van der Waals surface area contributed by atoms with Crippen molar-refractivity contribution >= 4 is 0 Å². The van der Waals surface area contributed by atoms with Crippen LogP contribution in [0, 0.1) is 17.3 Å². The zero-order chi connectivity index (χ0) is 13.0. The van der Waals surface area contributed by atoms with Crippen molar-refractivity contribution < 1.29 is 0 Å². The van der Waals surface area contributed by atoms with Crippen molar-refractivity contribution in [2.75, 3.05) is 33.2 Å². The van der Waals surface area contributed by atoms with Crippen molar-refractivity contribution in [3.05, 3.63) is 0 Å². The van der Waals surface area contributed by atoms with Gasteiger partial charge in [-0.1, -0.05) is 26.7 Å². The third kappa shape index (κ3) is 3.96. The maximum Gasteiger partial charge on any atom is 0.00502 e. The number of hydrogen-bond donors (Lipinski definition) is 1. The summed E-state index contributed by atoms with van der Waals surface area (Å²) >= 11 is 0. The first kappa shape index (κ1) is 14.3. The fourth-order valence-electron chi connectivity index (χ4n) is 3.95. The molecule has 0 aromatic heterocycles.